The smallest absolute Gasteiger partial charge is 0.295 e. The number of hydrogen-bond acceptors (Lipinski definition) is 3. The number of carbonyl (C=O) groups is 1. The minimum atomic E-state index is -0.604. The van der Waals surface area contributed by atoms with Gasteiger partial charge in [-0.25, -0.2) is 0 Å². The summed E-state index contributed by atoms with van der Waals surface area (Å²) in [4.78, 5) is 28.8. The van der Waals surface area contributed by atoms with Crippen LogP contribution in [-0.2, 0) is 0 Å². The standard InChI is InChI=1S/C26H19BrClNO3/c1-14(2)15-6-8-16(9-7-15)23-22-24(30)20-13-18(28)10-11-21(20)32-25(22)26(31)29(23)19-5-3-4-17(27)12-19/h3-14,23H,1-2H3. The lowest BCUT2D eigenvalue weighted by molar-refractivity contribution is 0.0971. The monoisotopic (exact) mass is 507 g/mol. The lowest BCUT2D eigenvalue weighted by Crippen LogP contribution is -2.29. The van der Waals surface area contributed by atoms with E-state index in [1.165, 1.54) is 5.56 Å². The van der Waals surface area contributed by atoms with Crippen molar-refractivity contribution in [2.24, 2.45) is 0 Å². The number of benzene rings is 3. The van der Waals surface area contributed by atoms with E-state index in [1.807, 2.05) is 48.5 Å². The molecule has 4 nitrogen and oxygen atoms in total. The Kier molecular flexibility index (Phi) is 5.19. The molecule has 3 aromatic carbocycles. The Morgan fingerprint density at radius 3 is 2.44 bits per heavy atom. The van der Waals surface area contributed by atoms with Gasteiger partial charge in [-0.05, 0) is 53.4 Å². The molecule has 4 aromatic rings. The van der Waals surface area contributed by atoms with E-state index in [4.69, 9.17) is 16.0 Å². The Labute approximate surface area is 198 Å². The van der Waals surface area contributed by atoms with Crippen molar-refractivity contribution in [2.75, 3.05) is 4.90 Å². The summed E-state index contributed by atoms with van der Waals surface area (Å²) in [5.41, 5.74) is 3.14. The first kappa shape index (κ1) is 21.0. The maximum absolute atomic E-state index is 13.6. The van der Waals surface area contributed by atoms with E-state index in [-0.39, 0.29) is 17.1 Å². The highest BCUT2D eigenvalue weighted by molar-refractivity contribution is 9.10. The van der Waals surface area contributed by atoms with Crippen LogP contribution in [0.3, 0.4) is 0 Å². The highest BCUT2D eigenvalue weighted by Crippen LogP contribution is 2.42. The number of rotatable bonds is 3. The first-order chi connectivity index (χ1) is 15.3. The molecule has 1 aliphatic heterocycles. The van der Waals surface area contributed by atoms with Crippen molar-refractivity contribution >= 4 is 50.1 Å². The Morgan fingerprint density at radius 2 is 1.75 bits per heavy atom. The van der Waals surface area contributed by atoms with Crippen LogP contribution in [0.25, 0.3) is 11.0 Å². The molecule has 1 atom stereocenters. The fourth-order valence-electron chi connectivity index (χ4n) is 4.22. The van der Waals surface area contributed by atoms with E-state index in [0.717, 1.165) is 10.0 Å². The Bertz CT molecular complexity index is 1430. The molecule has 5 rings (SSSR count). The number of hydrogen-bond donors (Lipinski definition) is 0. The predicted molar refractivity (Wildman–Crippen MR) is 131 cm³/mol. The zero-order chi connectivity index (χ0) is 22.6. The van der Waals surface area contributed by atoms with Crippen molar-refractivity contribution in [1.82, 2.24) is 0 Å². The Morgan fingerprint density at radius 1 is 1.00 bits per heavy atom. The molecule has 0 aliphatic carbocycles. The van der Waals surface area contributed by atoms with Gasteiger partial charge in [-0.3, -0.25) is 14.5 Å². The van der Waals surface area contributed by atoms with Crippen molar-refractivity contribution in [1.29, 1.82) is 0 Å². The van der Waals surface area contributed by atoms with Gasteiger partial charge in [0.2, 0.25) is 5.76 Å². The molecule has 160 valence electrons. The highest BCUT2D eigenvalue weighted by Gasteiger charge is 2.43. The zero-order valence-electron chi connectivity index (χ0n) is 17.4. The van der Waals surface area contributed by atoms with Gasteiger partial charge in [0, 0.05) is 15.2 Å². The fourth-order valence-corrected chi connectivity index (χ4v) is 4.78. The van der Waals surface area contributed by atoms with Crippen LogP contribution < -0.4 is 10.3 Å². The summed E-state index contributed by atoms with van der Waals surface area (Å²) in [7, 11) is 0. The number of halogens is 2. The van der Waals surface area contributed by atoms with Gasteiger partial charge in [0.05, 0.1) is 17.0 Å². The first-order valence-electron chi connectivity index (χ1n) is 10.3. The second kappa shape index (κ2) is 7.91. The third-order valence-electron chi connectivity index (χ3n) is 5.84. The molecule has 2 heterocycles. The fraction of sp³-hybridized carbons (Fsp3) is 0.154. The molecule has 6 heteroatoms. The molecule has 1 amide bonds. The van der Waals surface area contributed by atoms with Crippen molar-refractivity contribution in [3.63, 3.8) is 0 Å². The minimum absolute atomic E-state index is 0.0720. The van der Waals surface area contributed by atoms with Crippen LogP contribution in [0.5, 0.6) is 0 Å². The van der Waals surface area contributed by atoms with Crippen LogP contribution in [0.1, 0.15) is 53.1 Å². The van der Waals surface area contributed by atoms with Crippen molar-refractivity contribution in [3.8, 4) is 0 Å². The number of nitrogens with zero attached hydrogens (tertiary/aromatic N) is 1. The summed E-state index contributed by atoms with van der Waals surface area (Å²) in [5, 5.41) is 0.805. The second-order valence-corrected chi connectivity index (χ2v) is 9.55. The third-order valence-corrected chi connectivity index (χ3v) is 6.57. The molecule has 0 saturated heterocycles. The Hall–Kier alpha value is -2.89. The second-order valence-electron chi connectivity index (χ2n) is 8.19. The van der Waals surface area contributed by atoms with Crippen LogP contribution in [-0.4, -0.2) is 5.91 Å². The average Bonchev–Trinajstić information content (AvgIpc) is 3.07. The number of anilines is 1. The molecule has 0 saturated carbocycles. The molecule has 0 radical (unpaired) electrons. The number of fused-ring (bicyclic) bond motifs is 2. The van der Waals surface area contributed by atoms with Crippen LogP contribution in [0.2, 0.25) is 5.02 Å². The third kappa shape index (κ3) is 3.37. The molecule has 0 bridgehead atoms. The van der Waals surface area contributed by atoms with Crippen LogP contribution in [0, 0.1) is 0 Å². The molecule has 0 N–H and O–H groups in total. The van der Waals surface area contributed by atoms with Gasteiger partial charge in [-0.2, -0.15) is 0 Å². The van der Waals surface area contributed by atoms with Gasteiger partial charge in [0.25, 0.3) is 5.91 Å². The molecule has 32 heavy (non-hydrogen) atoms. The molecule has 0 fully saturated rings. The van der Waals surface area contributed by atoms with Crippen LogP contribution in [0.4, 0.5) is 5.69 Å². The van der Waals surface area contributed by atoms with E-state index in [2.05, 4.69) is 29.8 Å². The molecular formula is C26H19BrClNO3. The molecule has 1 aliphatic rings. The quantitative estimate of drug-likeness (QED) is 0.297. The molecule has 1 aromatic heterocycles. The van der Waals surface area contributed by atoms with Gasteiger partial charge in [0.15, 0.2) is 5.43 Å². The maximum atomic E-state index is 13.6. The van der Waals surface area contributed by atoms with E-state index in [0.29, 0.717) is 33.2 Å². The normalized spacial score (nSPS) is 15.6. The lowest BCUT2D eigenvalue weighted by atomic mass is 9.95. The van der Waals surface area contributed by atoms with E-state index in [9.17, 15) is 9.59 Å². The topological polar surface area (TPSA) is 50.5 Å². The minimum Gasteiger partial charge on any atom is -0.450 e. The van der Waals surface area contributed by atoms with Crippen LogP contribution in [0.15, 0.2) is 80.4 Å². The van der Waals surface area contributed by atoms with Crippen molar-refractivity contribution in [2.45, 2.75) is 25.8 Å². The predicted octanol–water partition coefficient (Wildman–Crippen LogP) is 7.08. The maximum Gasteiger partial charge on any atom is 0.295 e. The summed E-state index contributed by atoms with van der Waals surface area (Å²) in [6.45, 7) is 4.25. The summed E-state index contributed by atoms with van der Waals surface area (Å²) in [5.74, 6) is 0.103. The summed E-state index contributed by atoms with van der Waals surface area (Å²) >= 11 is 9.64. The summed E-state index contributed by atoms with van der Waals surface area (Å²) in [6, 6.07) is 19.8. The van der Waals surface area contributed by atoms with Gasteiger partial charge in [-0.15, -0.1) is 0 Å². The summed E-state index contributed by atoms with van der Waals surface area (Å²) in [6.07, 6.45) is 0. The van der Waals surface area contributed by atoms with E-state index in [1.54, 1.807) is 23.1 Å². The van der Waals surface area contributed by atoms with Crippen molar-refractivity contribution < 1.29 is 9.21 Å². The van der Waals surface area contributed by atoms with Crippen molar-refractivity contribution in [3.05, 3.63) is 109 Å². The Balaban J connectivity index is 1.79. The van der Waals surface area contributed by atoms with E-state index >= 15 is 0 Å². The first-order valence-corrected chi connectivity index (χ1v) is 11.5. The van der Waals surface area contributed by atoms with E-state index < -0.39 is 6.04 Å². The molecule has 0 spiro atoms. The summed E-state index contributed by atoms with van der Waals surface area (Å²) < 4.78 is 6.82. The molecule has 1 unspecified atom stereocenters. The number of carbonyl (C=O) groups excluding carboxylic acids is 1. The average molecular weight is 509 g/mol. The SMILES string of the molecule is CC(C)c1ccc(C2c3c(oc4ccc(Cl)cc4c3=O)C(=O)N2c2cccc(Br)c2)cc1. The van der Waals surface area contributed by atoms with Gasteiger partial charge < -0.3 is 4.42 Å². The molecular weight excluding hydrogens is 490 g/mol. The zero-order valence-corrected chi connectivity index (χ0v) is 19.8. The highest BCUT2D eigenvalue weighted by atomic mass is 79.9. The number of amides is 1. The van der Waals surface area contributed by atoms with Crippen LogP contribution >= 0.6 is 27.5 Å². The van der Waals surface area contributed by atoms with Gasteiger partial charge in [0.1, 0.15) is 5.58 Å². The largest absolute Gasteiger partial charge is 0.450 e. The van der Waals surface area contributed by atoms with Gasteiger partial charge in [-0.1, -0.05) is 71.7 Å². The van der Waals surface area contributed by atoms with Gasteiger partial charge >= 0.3 is 0 Å². The lowest BCUT2D eigenvalue weighted by Gasteiger charge is -2.25.